The Morgan fingerprint density at radius 3 is 2.56 bits per heavy atom. The molecule has 0 spiro atoms. The number of aryl methyl sites for hydroxylation is 2. The molecule has 3 nitrogen and oxygen atoms in total. The molecule has 3 heteroatoms. The molecule has 2 N–H and O–H groups in total. The third-order valence-electron chi connectivity index (χ3n) is 2.50. The van der Waals surface area contributed by atoms with E-state index in [1.165, 1.54) is 13.8 Å². The number of rotatable bonds is 3. The molecule has 0 fully saturated rings. The Kier molecular flexibility index (Phi) is 3.70. The van der Waals surface area contributed by atoms with E-state index >= 15 is 0 Å². The van der Waals surface area contributed by atoms with Crippen molar-refractivity contribution < 1.29 is 9.90 Å². The molecule has 16 heavy (non-hydrogen) atoms. The lowest BCUT2D eigenvalue weighted by molar-refractivity contribution is -0.136. The van der Waals surface area contributed by atoms with Crippen LogP contribution in [-0.4, -0.2) is 16.6 Å². The number of carbonyl (C=O) groups is 1. The summed E-state index contributed by atoms with van der Waals surface area (Å²) in [5, 5.41) is 12.2. The third kappa shape index (κ3) is 3.35. The molecule has 0 bridgehead atoms. The van der Waals surface area contributed by atoms with Gasteiger partial charge in [0.05, 0.1) is 0 Å². The average Bonchev–Trinajstić information content (AvgIpc) is 2.17. The molecular formula is C13H19NO2. The largest absolute Gasteiger partial charge is 0.381 e. The Labute approximate surface area is 96.5 Å². The molecule has 0 saturated carbocycles. The fourth-order valence-corrected chi connectivity index (χ4v) is 1.38. The van der Waals surface area contributed by atoms with Gasteiger partial charge in [-0.1, -0.05) is 23.8 Å². The zero-order valence-electron chi connectivity index (χ0n) is 10.3. The summed E-state index contributed by atoms with van der Waals surface area (Å²) in [4.78, 5) is 11.5. The predicted octanol–water partition coefficient (Wildman–Crippen LogP) is 1.69. The Hall–Kier alpha value is -1.35. The van der Waals surface area contributed by atoms with Gasteiger partial charge in [0.25, 0.3) is 5.91 Å². The van der Waals surface area contributed by atoms with E-state index in [1.807, 2.05) is 32.0 Å². The summed E-state index contributed by atoms with van der Waals surface area (Å²) in [6.07, 6.45) is 0. The van der Waals surface area contributed by atoms with Gasteiger partial charge in [-0.15, -0.1) is 0 Å². The first-order valence-electron chi connectivity index (χ1n) is 5.37. The van der Waals surface area contributed by atoms with E-state index in [9.17, 15) is 9.90 Å². The zero-order valence-corrected chi connectivity index (χ0v) is 10.3. The van der Waals surface area contributed by atoms with Gasteiger partial charge in [0.2, 0.25) is 0 Å². The lowest BCUT2D eigenvalue weighted by Crippen LogP contribution is -2.41. The van der Waals surface area contributed by atoms with Gasteiger partial charge in [0.1, 0.15) is 5.60 Å². The number of aliphatic hydroxyl groups is 1. The second kappa shape index (κ2) is 4.66. The molecule has 0 radical (unpaired) electrons. The molecule has 0 aliphatic heterocycles. The van der Waals surface area contributed by atoms with Gasteiger partial charge in [-0.3, -0.25) is 4.79 Å². The standard InChI is InChI=1S/C13H19NO2/c1-9-5-6-10(2)11(7-9)8-14-12(15)13(3,4)16/h5-7,16H,8H2,1-4H3,(H,14,15). The van der Waals surface area contributed by atoms with Crippen molar-refractivity contribution in [1.29, 1.82) is 0 Å². The molecule has 1 amide bonds. The number of amides is 1. The summed E-state index contributed by atoms with van der Waals surface area (Å²) in [7, 11) is 0. The van der Waals surface area contributed by atoms with Gasteiger partial charge in [0, 0.05) is 6.54 Å². The van der Waals surface area contributed by atoms with Gasteiger partial charge in [-0.05, 0) is 38.8 Å². The topological polar surface area (TPSA) is 49.3 Å². The van der Waals surface area contributed by atoms with Crippen LogP contribution in [0.25, 0.3) is 0 Å². The van der Waals surface area contributed by atoms with Crippen LogP contribution in [0.15, 0.2) is 18.2 Å². The van der Waals surface area contributed by atoms with Gasteiger partial charge in [-0.2, -0.15) is 0 Å². The first-order chi connectivity index (χ1) is 7.30. The van der Waals surface area contributed by atoms with Crippen LogP contribution in [0.4, 0.5) is 0 Å². The van der Waals surface area contributed by atoms with Crippen LogP contribution in [0.2, 0.25) is 0 Å². The van der Waals surface area contributed by atoms with Gasteiger partial charge < -0.3 is 10.4 Å². The highest BCUT2D eigenvalue weighted by Crippen LogP contribution is 2.10. The SMILES string of the molecule is Cc1ccc(C)c(CNC(=O)C(C)(C)O)c1. The molecule has 88 valence electrons. The smallest absolute Gasteiger partial charge is 0.251 e. The summed E-state index contributed by atoms with van der Waals surface area (Å²) in [6.45, 7) is 7.43. The lowest BCUT2D eigenvalue weighted by Gasteiger charge is -2.17. The second-order valence-electron chi connectivity index (χ2n) is 4.67. The van der Waals surface area contributed by atoms with Crippen LogP contribution in [-0.2, 0) is 11.3 Å². The first kappa shape index (κ1) is 12.7. The number of hydrogen-bond acceptors (Lipinski definition) is 2. The van der Waals surface area contributed by atoms with Gasteiger partial charge in [0.15, 0.2) is 0 Å². The molecular weight excluding hydrogens is 202 g/mol. The maximum absolute atomic E-state index is 11.5. The molecule has 0 unspecified atom stereocenters. The van der Waals surface area contributed by atoms with E-state index in [0.717, 1.165) is 16.7 Å². The van der Waals surface area contributed by atoms with Crippen molar-refractivity contribution in [3.05, 3.63) is 34.9 Å². The molecule has 1 rings (SSSR count). The predicted molar refractivity (Wildman–Crippen MR) is 64.1 cm³/mol. The molecule has 0 atom stereocenters. The molecule has 0 heterocycles. The Bertz CT molecular complexity index is 391. The van der Waals surface area contributed by atoms with Gasteiger partial charge in [-0.25, -0.2) is 0 Å². The van der Waals surface area contributed by atoms with E-state index < -0.39 is 5.60 Å². The summed E-state index contributed by atoms with van der Waals surface area (Å²) < 4.78 is 0. The minimum atomic E-state index is -1.32. The molecule has 1 aromatic carbocycles. The van der Waals surface area contributed by atoms with Crippen LogP contribution in [0.5, 0.6) is 0 Å². The van der Waals surface area contributed by atoms with Crippen molar-refractivity contribution in [2.24, 2.45) is 0 Å². The van der Waals surface area contributed by atoms with Crippen LogP contribution < -0.4 is 5.32 Å². The normalized spacial score (nSPS) is 11.3. The zero-order chi connectivity index (χ0) is 12.3. The molecule has 1 aromatic rings. The molecule has 0 aliphatic rings. The number of carbonyl (C=O) groups excluding carboxylic acids is 1. The minimum Gasteiger partial charge on any atom is -0.381 e. The summed E-state index contributed by atoms with van der Waals surface area (Å²) in [6, 6.07) is 6.11. The lowest BCUT2D eigenvalue weighted by atomic mass is 10.0. The van der Waals surface area contributed by atoms with E-state index in [2.05, 4.69) is 5.32 Å². The highest BCUT2D eigenvalue weighted by atomic mass is 16.3. The van der Waals surface area contributed by atoms with E-state index in [0.29, 0.717) is 6.54 Å². The average molecular weight is 221 g/mol. The number of benzene rings is 1. The maximum Gasteiger partial charge on any atom is 0.251 e. The van der Waals surface area contributed by atoms with Crippen LogP contribution in [0, 0.1) is 13.8 Å². The quantitative estimate of drug-likeness (QED) is 0.816. The summed E-state index contributed by atoms with van der Waals surface area (Å²) >= 11 is 0. The van der Waals surface area contributed by atoms with Crippen molar-refractivity contribution in [3.63, 3.8) is 0 Å². The first-order valence-corrected chi connectivity index (χ1v) is 5.37. The number of nitrogens with one attached hydrogen (secondary N) is 1. The number of hydrogen-bond donors (Lipinski definition) is 2. The van der Waals surface area contributed by atoms with Crippen molar-refractivity contribution in [2.45, 2.75) is 39.8 Å². The van der Waals surface area contributed by atoms with Crippen molar-refractivity contribution >= 4 is 5.91 Å². The molecule has 0 aliphatic carbocycles. The van der Waals surface area contributed by atoms with Crippen molar-refractivity contribution in [2.75, 3.05) is 0 Å². The Balaban J connectivity index is 2.68. The summed E-state index contributed by atoms with van der Waals surface area (Å²) in [5.41, 5.74) is 2.06. The molecule has 0 saturated heterocycles. The van der Waals surface area contributed by atoms with E-state index in [-0.39, 0.29) is 5.91 Å². The maximum atomic E-state index is 11.5. The highest BCUT2D eigenvalue weighted by molar-refractivity contribution is 5.83. The van der Waals surface area contributed by atoms with Gasteiger partial charge >= 0.3 is 0 Å². The van der Waals surface area contributed by atoms with Crippen LogP contribution in [0.3, 0.4) is 0 Å². The summed E-state index contributed by atoms with van der Waals surface area (Å²) in [5.74, 6) is -0.353. The Morgan fingerprint density at radius 1 is 1.38 bits per heavy atom. The monoisotopic (exact) mass is 221 g/mol. The fourth-order valence-electron chi connectivity index (χ4n) is 1.38. The van der Waals surface area contributed by atoms with E-state index in [4.69, 9.17) is 0 Å². The van der Waals surface area contributed by atoms with E-state index in [1.54, 1.807) is 0 Å². The van der Waals surface area contributed by atoms with Crippen molar-refractivity contribution in [1.82, 2.24) is 5.32 Å². The van der Waals surface area contributed by atoms with Crippen LogP contribution in [0.1, 0.15) is 30.5 Å². The Morgan fingerprint density at radius 2 is 2.00 bits per heavy atom. The second-order valence-corrected chi connectivity index (χ2v) is 4.67. The van der Waals surface area contributed by atoms with Crippen molar-refractivity contribution in [3.8, 4) is 0 Å². The fraction of sp³-hybridized carbons (Fsp3) is 0.462. The minimum absolute atomic E-state index is 0.353. The third-order valence-corrected chi connectivity index (χ3v) is 2.50. The van der Waals surface area contributed by atoms with Crippen LogP contribution >= 0.6 is 0 Å². The highest BCUT2D eigenvalue weighted by Gasteiger charge is 2.23. The molecule has 0 aromatic heterocycles.